The Hall–Kier alpha value is -5.05. The molecule has 0 bridgehead atoms. The lowest BCUT2D eigenvalue weighted by Crippen LogP contribution is -2.56. The quantitative estimate of drug-likeness (QED) is 0.332. The van der Waals surface area contributed by atoms with E-state index in [0.717, 1.165) is 16.5 Å². The van der Waals surface area contributed by atoms with Gasteiger partial charge >= 0.3 is 0 Å². The number of benzene rings is 4. The monoisotopic (exact) mass is 611 g/mol. The van der Waals surface area contributed by atoms with E-state index in [0.29, 0.717) is 17.8 Å². The summed E-state index contributed by atoms with van der Waals surface area (Å²) in [6.07, 6.45) is 6.77. The van der Waals surface area contributed by atoms with E-state index >= 15 is 0 Å². The second-order valence-corrected chi connectivity index (χ2v) is 12.3. The maximum Gasteiger partial charge on any atom is 0.253 e. The number of hydrogen-bond donors (Lipinski definition) is 1. The van der Waals surface area contributed by atoms with Crippen LogP contribution in [0.25, 0.3) is 10.8 Å². The third-order valence-electron chi connectivity index (χ3n) is 9.90. The zero-order valence-corrected chi connectivity index (χ0v) is 25.1. The minimum Gasteiger partial charge on any atom is -0.394 e. The van der Waals surface area contributed by atoms with Gasteiger partial charge in [-0.15, -0.1) is 0 Å². The van der Waals surface area contributed by atoms with E-state index in [1.165, 1.54) is 4.90 Å². The molecule has 0 aromatic heterocycles. The van der Waals surface area contributed by atoms with E-state index in [4.69, 9.17) is 4.74 Å². The molecule has 8 rings (SSSR count). The molecule has 230 valence electrons. The number of likely N-dealkylation sites (tertiary alicyclic amines) is 1. The maximum atomic E-state index is 15.0. The average molecular weight is 612 g/mol. The molecule has 4 heterocycles. The highest BCUT2D eigenvalue weighted by Crippen LogP contribution is 2.55. The Bertz CT molecular complexity index is 1890. The van der Waals surface area contributed by atoms with Gasteiger partial charge in [0.2, 0.25) is 11.8 Å². The molecule has 0 radical (unpaired) electrons. The fraction of sp³-hybridized carbons (Fsp3) is 0.237. The van der Waals surface area contributed by atoms with Crippen molar-refractivity contribution in [3.05, 3.63) is 133 Å². The first-order chi connectivity index (χ1) is 22.5. The number of carbonyl (C=O) groups is 3. The van der Waals surface area contributed by atoms with E-state index in [2.05, 4.69) is 0 Å². The van der Waals surface area contributed by atoms with Crippen molar-refractivity contribution in [2.75, 3.05) is 29.5 Å². The van der Waals surface area contributed by atoms with E-state index in [9.17, 15) is 19.5 Å². The molecular weight excluding hydrogens is 578 g/mol. The van der Waals surface area contributed by atoms with Crippen LogP contribution < -0.4 is 9.80 Å². The Balaban J connectivity index is 1.27. The first-order valence-corrected chi connectivity index (χ1v) is 15.7. The number of carbonyl (C=O) groups excluding carboxylic acids is 3. The normalized spacial score (nSPS) is 27.8. The average Bonchev–Trinajstić information content (AvgIpc) is 3.41. The standard InChI is InChI=1S/C38H33N3O5/c42-24-30(26-12-3-1-4-13-26)41-34-37(45)40(29-19-18-25-11-7-8-14-27(25)23-29)22-10-20-38(34)33(36(41)44)32-31(46-38)17-9-21-39(35(32)43)28-15-5-2-6-16-28/h1-20,23,30-34,42H,21-22,24H2/t30-,31-,32+,33+,34?,38+/m1/s1. The molecule has 8 nitrogen and oxygen atoms in total. The highest BCUT2D eigenvalue weighted by molar-refractivity contribution is 6.08. The number of hydrogen-bond acceptors (Lipinski definition) is 5. The molecule has 1 N–H and O–H groups in total. The SMILES string of the molecule is O=C1C2N([C@H](CO)c3ccccc3)C(=O)[C@@H]3[C@H]4C(=O)N(c5ccccc5)CC=C[C@H]4O[C@]23C=CCN1c1ccc2ccccc2c1. The van der Waals surface area contributed by atoms with Crippen LogP contribution in [0, 0.1) is 11.8 Å². The minimum atomic E-state index is -1.42. The highest BCUT2D eigenvalue weighted by Gasteiger charge is 2.72. The van der Waals surface area contributed by atoms with Crippen LogP contribution in [0.3, 0.4) is 0 Å². The van der Waals surface area contributed by atoms with Gasteiger partial charge in [-0.05, 0) is 40.6 Å². The lowest BCUT2D eigenvalue weighted by Gasteiger charge is -2.38. The van der Waals surface area contributed by atoms with Crippen LogP contribution >= 0.6 is 0 Å². The van der Waals surface area contributed by atoms with Crippen LogP contribution in [0.5, 0.6) is 0 Å². The number of rotatable bonds is 5. The van der Waals surface area contributed by atoms with E-state index in [-0.39, 0.29) is 24.3 Å². The molecule has 4 aliphatic heterocycles. The second kappa shape index (κ2) is 11.1. The number of fused-ring (bicyclic) bond motifs is 3. The molecule has 2 saturated heterocycles. The van der Waals surface area contributed by atoms with Gasteiger partial charge in [0.05, 0.1) is 30.6 Å². The molecule has 4 aromatic carbocycles. The number of para-hydroxylation sites is 1. The van der Waals surface area contributed by atoms with Gasteiger partial charge in [0.25, 0.3) is 5.91 Å². The predicted octanol–water partition coefficient (Wildman–Crippen LogP) is 4.66. The predicted molar refractivity (Wildman–Crippen MR) is 175 cm³/mol. The summed E-state index contributed by atoms with van der Waals surface area (Å²) in [4.78, 5) is 49.2. The third-order valence-corrected chi connectivity index (χ3v) is 9.90. The minimum absolute atomic E-state index is 0.228. The second-order valence-electron chi connectivity index (χ2n) is 12.3. The number of amides is 3. The van der Waals surface area contributed by atoms with Gasteiger partial charge in [0, 0.05) is 24.5 Å². The summed E-state index contributed by atoms with van der Waals surface area (Å²) < 4.78 is 6.84. The Kier molecular flexibility index (Phi) is 6.85. The first kappa shape index (κ1) is 28.4. The van der Waals surface area contributed by atoms with Gasteiger partial charge in [-0.25, -0.2) is 0 Å². The lowest BCUT2D eigenvalue weighted by atomic mass is 9.77. The molecular formula is C38H33N3O5. The van der Waals surface area contributed by atoms with Crippen molar-refractivity contribution in [2.24, 2.45) is 11.8 Å². The zero-order chi connectivity index (χ0) is 31.4. The summed E-state index contributed by atoms with van der Waals surface area (Å²) in [5.74, 6) is -2.76. The van der Waals surface area contributed by atoms with Crippen LogP contribution in [0.15, 0.2) is 127 Å². The van der Waals surface area contributed by atoms with Gasteiger partial charge in [0.15, 0.2) is 0 Å². The molecule has 0 aliphatic carbocycles. The molecule has 4 aliphatic rings. The number of anilines is 2. The Morgan fingerprint density at radius 1 is 0.739 bits per heavy atom. The van der Waals surface area contributed by atoms with Crippen LogP contribution in [-0.4, -0.2) is 65.2 Å². The summed E-state index contributed by atoms with van der Waals surface area (Å²) in [6, 6.07) is 30.5. The third kappa shape index (κ3) is 4.25. The fourth-order valence-corrected chi connectivity index (χ4v) is 7.86. The summed E-state index contributed by atoms with van der Waals surface area (Å²) >= 11 is 0. The summed E-state index contributed by atoms with van der Waals surface area (Å²) in [6.45, 7) is 0.200. The van der Waals surface area contributed by atoms with E-state index in [1.807, 2.05) is 127 Å². The number of aliphatic hydroxyl groups is 1. The van der Waals surface area contributed by atoms with Crippen molar-refractivity contribution >= 4 is 39.9 Å². The summed E-state index contributed by atoms with van der Waals surface area (Å²) in [5.41, 5.74) is 0.697. The van der Waals surface area contributed by atoms with Crippen molar-refractivity contribution < 1.29 is 24.2 Å². The lowest BCUT2D eigenvalue weighted by molar-refractivity contribution is -0.144. The van der Waals surface area contributed by atoms with Crippen LogP contribution in [0.2, 0.25) is 0 Å². The first-order valence-electron chi connectivity index (χ1n) is 15.7. The van der Waals surface area contributed by atoms with Gasteiger partial charge < -0.3 is 24.5 Å². The molecule has 8 heteroatoms. The number of ether oxygens (including phenoxy) is 1. The van der Waals surface area contributed by atoms with Crippen molar-refractivity contribution in [1.82, 2.24) is 4.90 Å². The smallest absolute Gasteiger partial charge is 0.253 e. The molecule has 46 heavy (non-hydrogen) atoms. The van der Waals surface area contributed by atoms with Crippen LogP contribution in [0.1, 0.15) is 11.6 Å². The van der Waals surface area contributed by atoms with Gasteiger partial charge in [0.1, 0.15) is 11.6 Å². The van der Waals surface area contributed by atoms with Crippen molar-refractivity contribution in [3.8, 4) is 0 Å². The topological polar surface area (TPSA) is 90.4 Å². The summed E-state index contributed by atoms with van der Waals surface area (Å²) in [5, 5.41) is 12.9. The molecule has 1 spiro atoms. The largest absolute Gasteiger partial charge is 0.394 e. The zero-order valence-electron chi connectivity index (χ0n) is 25.1. The molecule has 1 unspecified atom stereocenters. The Labute approximate surface area is 266 Å². The van der Waals surface area contributed by atoms with Crippen molar-refractivity contribution in [2.45, 2.75) is 23.8 Å². The number of aliphatic hydroxyl groups excluding tert-OH is 1. The van der Waals surface area contributed by atoms with Gasteiger partial charge in [-0.2, -0.15) is 0 Å². The maximum absolute atomic E-state index is 15.0. The Morgan fingerprint density at radius 3 is 2.17 bits per heavy atom. The van der Waals surface area contributed by atoms with Gasteiger partial charge in [-0.1, -0.05) is 103 Å². The van der Waals surface area contributed by atoms with Crippen LogP contribution in [0.4, 0.5) is 11.4 Å². The molecule has 3 amide bonds. The van der Waals surface area contributed by atoms with Crippen molar-refractivity contribution in [1.29, 1.82) is 0 Å². The van der Waals surface area contributed by atoms with Crippen molar-refractivity contribution in [3.63, 3.8) is 0 Å². The number of nitrogens with zero attached hydrogens (tertiary/aromatic N) is 3. The van der Waals surface area contributed by atoms with Crippen LogP contribution in [-0.2, 0) is 19.1 Å². The Morgan fingerprint density at radius 2 is 1.41 bits per heavy atom. The van der Waals surface area contributed by atoms with E-state index in [1.54, 1.807) is 9.80 Å². The molecule has 4 aromatic rings. The fourth-order valence-electron chi connectivity index (χ4n) is 7.86. The van der Waals surface area contributed by atoms with E-state index < -0.39 is 42.2 Å². The van der Waals surface area contributed by atoms with Gasteiger partial charge in [-0.3, -0.25) is 14.4 Å². The molecule has 6 atom stereocenters. The summed E-state index contributed by atoms with van der Waals surface area (Å²) in [7, 11) is 0. The molecule has 0 saturated carbocycles. The highest BCUT2D eigenvalue weighted by atomic mass is 16.5. The molecule has 2 fully saturated rings.